The van der Waals surface area contributed by atoms with Crippen LogP contribution in [0.4, 0.5) is 0 Å². The van der Waals surface area contributed by atoms with Crippen LogP contribution in [-0.2, 0) is 16.3 Å². The molecule has 1 atom stereocenters. The second-order valence-corrected chi connectivity index (χ2v) is 6.34. The van der Waals surface area contributed by atoms with Crippen molar-refractivity contribution < 1.29 is 8.42 Å². The first-order chi connectivity index (χ1) is 8.04. The molecule has 0 saturated carbocycles. The number of fused-ring (bicyclic) bond motifs is 1. The minimum Gasteiger partial charge on any atom is -0.323 e. The smallest absolute Gasteiger partial charge is 0.178 e. The SMILES string of the molecule is N#CCC(N)c1ccc2c(c1)CCCS2(=O)=O. The maximum Gasteiger partial charge on any atom is 0.178 e. The Balaban J connectivity index is 2.42. The zero-order valence-electron chi connectivity index (χ0n) is 9.39. The van der Waals surface area contributed by atoms with Crippen LogP contribution in [0.15, 0.2) is 23.1 Å². The molecule has 90 valence electrons. The van der Waals surface area contributed by atoms with Gasteiger partial charge in [-0.05, 0) is 30.0 Å². The molecular weight excluding hydrogens is 236 g/mol. The highest BCUT2D eigenvalue weighted by atomic mass is 32.2. The highest BCUT2D eigenvalue weighted by molar-refractivity contribution is 7.91. The van der Waals surface area contributed by atoms with Gasteiger partial charge in [-0.15, -0.1) is 0 Å². The van der Waals surface area contributed by atoms with Crippen LogP contribution >= 0.6 is 0 Å². The lowest BCUT2D eigenvalue weighted by Crippen LogP contribution is -2.17. The molecule has 1 unspecified atom stereocenters. The fourth-order valence-corrected chi connectivity index (χ4v) is 3.69. The molecule has 2 N–H and O–H groups in total. The van der Waals surface area contributed by atoms with Crippen LogP contribution in [0.1, 0.15) is 30.0 Å². The Morgan fingerprint density at radius 1 is 1.47 bits per heavy atom. The van der Waals surface area contributed by atoms with Crippen LogP contribution in [-0.4, -0.2) is 14.2 Å². The Kier molecular flexibility index (Phi) is 3.18. The van der Waals surface area contributed by atoms with E-state index in [2.05, 4.69) is 0 Å². The summed E-state index contributed by atoms with van der Waals surface area (Å²) in [6.07, 6.45) is 1.67. The van der Waals surface area contributed by atoms with Crippen molar-refractivity contribution in [3.8, 4) is 6.07 Å². The second-order valence-electron chi connectivity index (χ2n) is 4.26. The van der Waals surface area contributed by atoms with Crippen LogP contribution in [0, 0.1) is 11.3 Å². The van der Waals surface area contributed by atoms with Gasteiger partial charge in [0.15, 0.2) is 9.84 Å². The van der Waals surface area contributed by atoms with E-state index in [1.807, 2.05) is 12.1 Å². The first kappa shape index (κ1) is 12.1. The van der Waals surface area contributed by atoms with Crippen molar-refractivity contribution in [3.63, 3.8) is 0 Å². The van der Waals surface area contributed by atoms with Gasteiger partial charge >= 0.3 is 0 Å². The predicted molar refractivity (Wildman–Crippen MR) is 64.0 cm³/mol. The van der Waals surface area contributed by atoms with Crippen molar-refractivity contribution in [2.45, 2.75) is 30.2 Å². The number of benzene rings is 1. The van der Waals surface area contributed by atoms with E-state index in [1.54, 1.807) is 12.1 Å². The summed E-state index contributed by atoms with van der Waals surface area (Å²) in [4.78, 5) is 0.427. The highest BCUT2D eigenvalue weighted by Crippen LogP contribution is 2.27. The molecule has 5 heteroatoms. The number of sulfone groups is 1. The molecule has 1 aliphatic rings. The van der Waals surface area contributed by atoms with Crippen molar-refractivity contribution in [3.05, 3.63) is 29.3 Å². The number of nitrogens with zero attached hydrogens (tertiary/aromatic N) is 1. The summed E-state index contributed by atoms with van der Waals surface area (Å²) in [5, 5.41) is 8.59. The molecule has 0 radical (unpaired) electrons. The summed E-state index contributed by atoms with van der Waals surface area (Å²) in [6, 6.07) is 6.84. The zero-order chi connectivity index (χ0) is 12.5. The van der Waals surface area contributed by atoms with Gasteiger partial charge in [0.2, 0.25) is 0 Å². The van der Waals surface area contributed by atoms with Crippen molar-refractivity contribution in [2.24, 2.45) is 5.73 Å². The summed E-state index contributed by atoms with van der Waals surface area (Å²) in [7, 11) is -3.10. The average molecular weight is 250 g/mol. The minimum atomic E-state index is -3.10. The Morgan fingerprint density at radius 3 is 2.94 bits per heavy atom. The molecule has 1 heterocycles. The van der Waals surface area contributed by atoms with Gasteiger partial charge in [0.1, 0.15) is 0 Å². The van der Waals surface area contributed by atoms with E-state index in [4.69, 9.17) is 11.0 Å². The molecule has 0 saturated heterocycles. The topological polar surface area (TPSA) is 83.9 Å². The van der Waals surface area contributed by atoms with Crippen LogP contribution in [0.3, 0.4) is 0 Å². The van der Waals surface area contributed by atoms with Gasteiger partial charge in [-0.3, -0.25) is 0 Å². The molecule has 0 amide bonds. The van der Waals surface area contributed by atoms with Crippen molar-refractivity contribution in [1.82, 2.24) is 0 Å². The van der Waals surface area contributed by atoms with E-state index in [0.717, 1.165) is 17.5 Å². The Bertz CT molecular complexity index is 573. The summed E-state index contributed by atoms with van der Waals surface area (Å²) in [6.45, 7) is 0. The fraction of sp³-hybridized carbons (Fsp3) is 0.417. The van der Waals surface area contributed by atoms with Gasteiger partial charge in [-0.1, -0.05) is 12.1 Å². The maximum atomic E-state index is 11.8. The molecular formula is C12H14N2O2S. The molecule has 0 aliphatic carbocycles. The summed E-state index contributed by atoms with van der Waals surface area (Å²) >= 11 is 0. The van der Waals surface area contributed by atoms with Gasteiger partial charge in [-0.2, -0.15) is 5.26 Å². The molecule has 1 aliphatic heterocycles. The number of hydrogen-bond acceptors (Lipinski definition) is 4. The van der Waals surface area contributed by atoms with Gasteiger partial charge in [0.05, 0.1) is 23.1 Å². The Morgan fingerprint density at radius 2 is 2.24 bits per heavy atom. The Labute approximate surface area is 101 Å². The van der Waals surface area contributed by atoms with Gasteiger partial charge < -0.3 is 5.73 Å². The van der Waals surface area contributed by atoms with E-state index in [0.29, 0.717) is 11.3 Å². The molecule has 4 nitrogen and oxygen atoms in total. The lowest BCUT2D eigenvalue weighted by Gasteiger charge is -2.18. The van der Waals surface area contributed by atoms with Crippen LogP contribution < -0.4 is 5.73 Å². The molecule has 1 aromatic carbocycles. The number of nitrogens with two attached hydrogens (primary N) is 1. The fourth-order valence-electron chi connectivity index (χ4n) is 2.11. The van der Waals surface area contributed by atoms with E-state index in [-0.39, 0.29) is 18.2 Å². The molecule has 0 aromatic heterocycles. The molecule has 2 rings (SSSR count). The van der Waals surface area contributed by atoms with Crippen LogP contribution in [0.5, 0.6) is 0 Å². The molecule has 1 aromatic rings. The van der Waals surface area contributed by atoms with Crippen LogP contribution in [0.25, 0.3) is 0 Å². The van der Waals surface area contributed by atoms with E-state index < -0.39 is 9.84 Å². The van der Waals surface area contributed by atoms with Gasteiger partial charge in [-0.25, -0.2) is 8.42 Å². The monoisotopic (exact) mass is 250 g/mol. The molecule has 0 spiro atoms. The number of aryl methyl sites for hydroxylation is 1. The molecule has 0 fully saturated rings. The van der Waals surface area contributed by atoms with Crippen molar-refractivity contribution >= 4 is 9.84 Å². The third-order valence-electron chi connectivity index (χ3n) is 3.02. The number of nitriles is 1. The molecule has 17 heavy (non-hydrogen) atoms. The third-order valence-corrected chi connectivity index (χ3v) is 4.91. The van der Waals surface area contributed by atoms with Crippen molar-refractivity contribution in [2.75, 3.05) is 5.75 Å². The summed E-state index contributed by atoms with van der Waals surface area (Å²) < 4.78 is 23.6. The van der Waals surface area contributed by atoms with E-state index in [1.165, 1.54) is 0 Å². The largest absolute Gasteiger partial charge is 0.323 e. The lowest BCUT2D eigenvalue weighted by molar-refractivity contribution is 0.586. The lowest BCUT2D eigenvalue weighted by atomic mass is 10.0. The summed E-state index contributed by atoms with van der Waals surface area (Å²) in [5.74, 6) is 0.226. The second kappa shape index (κ2) is 4.47. The van der Waals surface area contributed by atoms with Crippen LogP contribution in [0.2, 0.25) is 0 Å². The third kappa shape index (κ3) is 2.33. The maximum absolute atomic E-state index is 11.8. The standard InChI is InChI=1S/C12H14N2O2S/c13-6-5-11(14)9-3-4-12-10(8-9)2-1-7-17(12,15)16/h3-4,8,11H,1-2,5,7,14H2. The number of rotatable bonds is 2. The first-order valence-corrected chi connectivity index (χ1v) is 7.18. The minimum absolute atomic E-state index is 0.226. The van der Waals surface area contributed by atoms with Crippen molar-refractivity contribution in [1.29, 1.82) is 5.26 Å². The van der Waals surface area contributed by atoms with Gasteiger partial charge in [0, 0.05) is 6.04 Å². The Hall–Kier alpha value is -1.38. The predicted octanol–water partition coefficient (Wildman–Crippen LogP) is 1.32. The first-order valence-electron chi connectivity index (χ1n) is 5.53. The quantitative estimate of drug-likeness (QED) is 0.858. The van der Waals surface area contributed by atoms with Gasteiger partial charge in [0.25, 0.3) is 0 Å². The average Bonchev–Trinajstić information content (AvgIpc) is 2.28. The molecule has 0 bridgehead atoms. The van der Waals surface area contributed by atoms with E-state index >= 15 is 0 Å². The van der Waals surface area contributed by atoms with E-state index in [9.17, 15) is 8.42 Å². The summed E-state index contributed by atoms with van der Waals surface area (Å²) in [5.41, 5.74) is 7.51. The number of hydrogen-bond donors (Lipinski definition) is 1. The highest BCUT2D eigenvalue weighted by Gasteiger charge is 2.23. The normalized spacial score (nSPS) is 19.1. The zero-order valence-corrected chi connectivity index (χ0v) is 10.2.